The van der Waals surface area contributed by atoms with Crippen LogP contribution in [0.2, 0.25) is 0 Å². The number of hydrogen-bond acceptors (Lipinski definition) is 5. The van der Waals surface area contributed by atoms with E-state index in [1.807, 2.05) is 42.6 Å². The smallest absolute Gasteiger partial charge is 0.339 e. The van der Waals surface area contributed by atoms with Crippen molar-refractivity contribution in [1.82, 2.24) is 14.9 Å². The van der Waals surface area contributed by atoms with Gasteiger partial charge < -0.3 is 9.84 Å². The second kappa shape index (κ2) is 7.17. The van der Waals surface area contributed by atoms with Gasteiger partial charge in [0.15, 0.2) is 5.82 Å². The molecule has 6 nitrogen and oxygen atoms in total. The number of aromatic carboxylic acids is 1. The maximum atomic E-state index is 11.4. The predicted octanol–water partition coefficient (Wildman–Crippen LogP) is 3.37. The Kier molecular flexibility index (Phi) is 4.56. The average Bonchev–Trinajstić information content (AvgIpc) is 3.10. The van der Waals surface area contributed by atoms with E-state index in [-0.39, 0.29) is 5.56 Å². The van der Waals surface area contributed by atoms with Crippen LogP contribution in [0.3, 0.4) is 0 Å². The first-order valence-electron chi connectivity index (χ1n) is 8.67. The number of ether oxygens (including phenoxy) is 1. The molecule has 0 aliphatic carbocycles. The minimum absolute atomic E-state index is 0.179. The molecule has 1 aliphatic heterocycles. The Balaban J connectivity index is 1.52. The molecule has 0 atom stereocenters. The largest absolute Gasteiger partial charge is 0.496 e. The fourth-order valence-electron chi connectivity index (χ4n) is 3.34. The van der Waals surface area contributed by atoms with E-state index in [9.17, 15) is 9.90 Å². The maximum absolute atomic E-state index is 11.4. The highest BCUT2D eigenvalue weighted by Crippen LogP contribution is 2.26. The van der Waals surface area contributed by atoms with E-state index < -0.39 is 5.97 Å². The summed E-state index contributed by atoms with van der Waals surface area (Å²) in [5, 5.41) is 9.35. The predicted molar refractivity (Wildman–Crippen MR) is 100 cm³/mol. The highest BCUT2D eigenvalue weighted by atomic mass is 16.5. The second-order valence-electron chi connectivity index (χ2n) is 6.52. The molecule has 1 aliphatic rings. The Hall–Kier alpha value is -3.25. The zero-order valence-corrected chi connectivity index (χ0v) is 14.9. The maximum Gasteiger partial charge on any atom is 0.339 e. The van der Waals surface area contributed by atoms with Crippen LogP contribution in [0, 0.1) is 0 Å². The first-order chi connectivity index (χ1) is 13.1. The number of nitrogens with zero attached hydrogens (tertiary/aromatic N) is 3. The molecule has 3 aromatic rings. The Morgan fingerprint density at radius 2 is 2.00 bits per heavy atom. The molecule has 0 unspecified atom stereocenters. The lowest BCUT2D eigenvalue weighted by molar-refractivity contribution is 0.0693. The van der Waals surface area contributed by atoms with Crippen LogP contribution < -0.4 is 4.74 Å². The van der Waals surface area contributed by atoms with E-state index in [1.54, 1.807) is 12.1 Å². The Bertz CT molecular complexity index is 989. The SMILES string of the molecule is COc1ccc(CN2Cc3cnc(-c4ccccc4)nc3C2)cc1C(=O)O. The van der Waals surface area contributed by atoms with Crippen LogP contribution in [-0.4, -0.2) is 33.1 Å². The molecule has 136 valence electrons. The third kappa shape index (κ3) is 3.52. The van der Waals surface area contributed by atoms with Crippen molar-refractivity contribution in [3.05, 3.63) is 77.1 Å². The molecule has 0 radical (unpaired) electrons. The van der Waals surface area contributed by atoms with Crippen LogP contribution in [0.15, 0.2) is 54.7 Å². The van der Waals surface area contributed by atoms with Crippen molar-refractivity contribution in [2.24, 2.45) is 0 Å². The molecular weight excluding hydrogens is 342 g/mol. The normalized spacial score (nSPS) is 13.4. The Morgan fingerprint density at radius 3 is 2.74 bits per heavy atom. The number of carboxylic acid groups (broad SMARTS) is 1. The third-order valence-corrected chi connectivity index (χ3v) is 4.65. The number of aromatic nitrogens is 2. The topological polar surface area (TPSA) is 75.5 Å². The molecule has 4 rings (SSSR count). The molecule has 27 heavy (non-hydrogen) atoms. The zero-order valence-electron chi connectivity index (χ0n) is 14.9. The molecule has 0 saturated heterocycles. The summed E-state index contributed by atoms with van der Waals surface area (Å²) in [5.41, 5.74) is 4.24. The summed E-state index contributed by atoms with van der Waals surface area (Å²) < 4.78 is 5.12. The number of carbonyl (C=O) groups is 1. The average molecular weight is 361 g/mol. The molecule has 2 heterocycles. The van der Waals surface area contributed by atoms with Crippen molar-refractivity contribution in [3.63, 3.8) is 0 Å². The van der Waals surface area contributed by atoms with Crippen LogP contribution in [0.4, 0.5) is 0 Å². The molecular formula is C21H19N3O3. The molecule has 0 spiro atoms. The summed E-state index contributed by atoms with van der Waals surface area (Å²) in [6.07, 6.45) is 1.89. The van der Waals surface area contributed by atoms with E-state index in [1.165, 1.54) is 7.11 Å². The molecule has 0 amide bonds. The monoisotopic (exact) mass is 361 g/mol. The fourth-order valence-corrected chi connectivity index (χ4v) is 3.34. The van der Waals surface area contributed by atoms with Gasteiger partial charge in [-0.15, -0.1) is 0 Å². The molecule has 0 saturated carbocycles. The first kappa shape index (κ1) is 17.2. The van der Waals surface area contributed by atoms with Crippen molar-refractivity contribution >= 4 is 5.97 Å². The first-order valence-corrected chi connectivity index (χ1v) is 8.67. The lowest BCUT2D eigenvalue weighted by atomic mass is 10.1. The molecule has 2 aromatic carbocycles. The van der Waals surface area contributed by atoms with E-state index in [2.05, 4.69) is 9.88 Å². The third-order valence-electron chi connectivity index (χ3n) is 4.65. The number of fused-ring (bicyclic) bond motifs is 1. The van der Waals surface area contributed by atoms with Gasteiger partial charge in [0.1, 0.15) is 11.3 Å². The summed E-state index contributed by atoms with van der Waals surface area (Å²) in [4.78, 5) is 22.8. The second-order valence-corrected chi connectivity index (χ2v) is 6.52. The summed E-state index contributed by atoms with van der Waals surface area (Å²) in [6.45, 7) is 2.10. The minimum atomic E-state index is -0.989. The van der Waals surface area contributed by atoms with Crippen molar-refractivity contribution in [1.29, 1.82) is 0 Å². The highest BCUT2D eigenvalue weighted by Gasteiger charge is 2.22. The minimum Gasteiger partial charge on any atom is -0.496 e. The highest BCUT2D eigenvalue weighted by molar-refractivity contribution is 5.91. The van der Waals surface area contributed by atoms with Gasteiger partial charge in [-0.05, 0) is 17.7 Å². The number of rotatable bonds is 5. The molecule has 0 fully saturated rings. The van der Waals surface area contributed by atoms with Gasteiger partial charge in [-0.25, -0.2) is 14.8 Å². The van der Waals surface area contributed by atoms with Crippen molar-refractivity contribution in [2.75, 3.05) is 7.11 Å². The van der Waals surface area contributed by atoms with Gasteiger partial charge in [0.05, 0.1) is 12.8 Å². The van der Waals surface area contributed by atoms with Crippen LogP contribution >= 0.6 is 0 Å². The number of benzene rings is 2. The molecule has 0 bridgehead atoms. The van der Waals surface area contributed by atoms with Gasteiger partial charge in [-0.3, -0.25) is 4.90 Å². The summed E-state index contributed by atoms with van der Waals surface area (Å²) in [7, 11) is 1.47. The fraction of sp³-hybridized carbons (Fsp3) is 0.190. The molecule has 1 aromatic heterocycles. The van der Waals surface area contributed by atoms with E-state index in [4.69, 9.17) is 9.72 Å². The van der Waals surface area contributed by atoms with Gasteiger partial charge in [-0.2, -0.15) is 0 Å². The van der Waals surface area contributed by atoms with Gasteiger partial charge in [-0.1, -0.05) is 36.4 Å². The summed E-state index contributed by atoms with van der Waals surface area (Å²) in [5.74, 6) is 0.111. The number of hydrogen-bond donors (Lipinski definition) is 1. The van der Waals surface area contributed by atoms with Gasteiger partial charge in [0.25, 0.3) is 0 Å². The van der Waals surface area contributed by atoms with Gasteiger partial charge >= 0.3 is 5.97 Å². The standard InChI is InChI=1S/C21H19N3O3/c1-27-19-8-7-14(9-17(19)21(25)26)11-24-12-16-10-22-20(23-18(16)13-24)15-5-3-2-4-6-15/h2-10H,11-13H2,1H3,(H,25,26). The van der Waals surface area contributed by atoms with E-state index in [0.29, 0.717) is 18.8 Å². The van der Waals surface area contributed by atoms with Gasteiger partial charge in [0.2, 0.25) is 0 Å². The van der Waals surface area contributed by atoms with Crippen molar-refractivity contribution in [3.8, 4) is 17.1 Å². The van der Waals surface area contributed by atoms with Crippen LogP contribution in [0.25, 0.3) is 11.4 Å². The van der Waals surface area contributed by atoms with Crippen molar-refractivity contribution in [2.45, 2.75) is 19.6 Å². The lowest BCUT2D eigenvalue weighted by Crippen LogP contribution is -2.16. The number of methoxy groups -OCH3 is 1. The zero-order chi connectivity index (χ0) is 18.8. The Morgan fingerprint density at radius 1 is 1.19 bits per heavy atom. The van der Waals surface area contributed by atoms with E-state index >= 15 is 0 Å². The van der Waals surface area contributed by atoms with Crippen LogP contribution in [0.1, 0.15) is 27.2 Å². The van der Waals surface area contributed by atoms with Crippen molar-refractivity contribution < 1.29 is 14.6 Å². The Labute approximate surface area is 157 Å². The van der Waals surface area contributed by atoms with Crippen LogP contribution in [0.5, 0.6) is 5.75 Å². The molecule has 1 N–H and O–H groups in total. The lowest BCUT2D eigenvalue weighted by Gasteiger charge is -2.15. The van der Waals surface area contributed by atoms with E-state index in [0.717, 1.165) is 34.8 Å². The molecule has 6 heteroatoms. The van der Waals surface area contributed by atoms with Crippen LogP contribution in [-0.2, 0) is 19.6 Å². The number of carboxylic acids is 1. The summed E-state index contributed by atoms with van der Waals surface area (Å²) >= 11 is 0. The quantitative estimate of drug-likeness (QED) is 0.751. The summed E-state index contributed by atoms with van der Waals surface area (Å²) in [6, 6.07) is 15.2. The van der Waals surface area contributed by atoms with Gasteiger partial charge in [0, 0.05) is 37.0 Å².